The topological polar surface area (TPSA) is 71.3 Å². The Labute approximate surface area is 102 Å². The summed E-state index contributed by atoms with van der Waals surface area (Å²) in [4.78, 5) is 22.5. The summed E-state index contributed by atoms with van der Waals surface area (Å²) < 4.78 is 5.56. The first kappa shape index (κ1) is 12.8. The quantitative estimate of drug-likeness (QED) is 0.858. The van der Waals surface area contributed by atoms with Gasteiger partial charge in [-0.25, -0.2) is 0 Å². The standard InChI is InChI=1S/C10H13BrN2O3/c1-2-12-9(14)5-6-13-10(15)7-3-4-8(11)16-7/h3-4H,2,5-6H2,1H3,(H,12,14)(H,13,15). The molecule has 2 N–H and O–H groups in total. The fraction of sp³-hybridized carbons (Fsp3) is 0.400. The Bertz CT molecular complexity index is 376. The molecule has 0 fully saturated rings. The van der Waals surface area contributed by atoms with Crippen molar-refractivity contribution in [2.24, 2.45) is 0 Å². The van der Waals surface area contributed by atoms with Gasteiger partial charge in [-0.05, 0) is 35.0 Å². The number of hydrogen-bond acceptors (Lipinski definition) is 3. The molecule has 0 aromatic carbocycles. The van der Waals surface area contributed by atoms with Crippen LogP contribution in [0, 0.1) is 0 Å². The zero-order valence-corrected chi connectivity index (χ0v) is 10.5. The van der Waals surface area contributed by atoms with E-state index in [-0.39, 0.29) is 24.0 Å². The average Bonchev–Trinajstić information content (AvgIpc) is 2.65. The van der Waals surface area contributed by atoms with Gasteiger partial charge in [-0.1, -0.05) is 0 Å². The van der Waals surface area contributed by atoms with E-state index in [1.165, 1.54) is 0 Å². The minimum atomic E-state index is -0.324. The SMILES string of the molecule is CCNC(=O)CCNC(=O)c1ccc(Br)o1. The van der Waals surface area contributed by atoms with Gasteiger partial charge < -0.3 is 15.1 Å². The van der Waals surface area contributed by atoms with Crippen molar-refractivity contribution in [2.75, 3.05) is 13.1 Å². The minimum Gasteiger partial charge on any atom is -0.444 e. The molecule has 1 aromatic rings. The van der Waals surface area contributed by atoms with Gasteiger partial charge in [0.1, 0.15) is 0 Å². The van der Waals surface area contributed by atoms with Crippen LogP contribution < -0.4 is 10.6 Å². The molecule has 0 radical (unpaired) electrons. The number of amides is 2. The molecule has 0 saturated carbocycles. The number of rotatable bonds is 5. The van der Waals surface area contributed by atoms with Crippen LogP contribution in [0.3, 0.4) is 0 Å². The second-order valence-corrected chi connectivity index (χ2v) is 3.84. The van der Waals surface area contributed by atoms with Crippen LogP contribution in [-0.4, -0.2) is 24.9 Å². The number of furan rings is 1. The molecular formula is C10H13BrN2O3. The van der Waals surface area contributed by atoms with Gasteiger partial charge in [0, 0.05) is 19.5 Å². The summed E-state index contributed by atoms with van der Waals surface area (Å²) in [6, 6.07) is 3.20. The maximum atomic E-state index is 11.4. The fourth-order valence-electron chi connectivity index (χ4n) is 1.10. The summed E-state index contributed by atoms with van der Waals surface area (Å²) in [7, 11) is 0. The molecule has 16 heavy (non-hydrogen) atoms. The summed E-state index contributed by atoms with van der Waals surface area (Å²) in [5.74, 6) is -0.179. The largest absolute Gasteiger partial charge is 0.444 e. The third kappa shape index (κ3) is 4.06. The molecule has 0 aliphatic heterocycles. The second-order valence-electron chi connectivity index (χ2n) is 3.06. The van der Waals surface area contributed by atoms with Crippen molar-refractivity contribution in [3.63, 3.8) is 0 Å². The number of halogens is 1. The lowest BCUT2D eigenvalue weighted by molar-refractivity contribution is -0.120. The molecule has 88 valence electrons. The van der Waals surface area contributed by atoms with Gasteiger partial charge in [-0.2, -0.15) is 0 Å². The van der Waals surface area contributed by atoms with Crippen LogP contribution >= 0.6 is 15.9 Å². The molecule has 0 spiro atoms. The molecule has 1 heterocycles. The third-order valence-electron chi connectivity index (χ3n) is 1.81. The van der Waals surface area contributed by atoms with E-state index in [1.807, 2.05) is 6.92 Å². The first-order valence-corrected chi connectivity index (χ1v) is 5.73. The van der Waals surface area contributed by atoms with Crippen LogP contribution in [0.5, 0.6) is 0 Å². The van der Waals surface area contributed by atoms with Crippen LogP contribution in [0.2, 0.25) is 0 Å². The Morgan fingerprint density at radius 2 is 2.12 bits per heavy atom. The van der Waals surface area contributed by atoms with Crippen molar-refractivity contribution in [2.45, 2.75) is 13.3 Å². The molecule has 0 saturated heterocycles. The third-order valence-corrected chi connectivity index (χ3v) is 2.23. The van der Waals surface area contributed by atoms with Gasteiger partial charge >= 0.3 is 0 Å². The predicted molar refractivity (Wildman–Crippen MR) is 62.0 cm³/mol. The molecule has 1 aromatic heterocycles. The number of carbonyl (C=O) groups is 2. The van der Waals surface area contributed by atoms with Gasteiger partial charge in [0.15, 0.2) is 10.4 Å². The highest BCUT2D eigenvalue weighted by Gasteiger charge is 2.09. The molecule has 0 unspecified atom stereocenters. The van der Waals surface area contributed by atoms with Crippen molar-refractivity contribution in [3.8, 4) is 0 Å². The maximum Gasteiger partial charge on any atom is 0.287 e. The average molecular weight is 289 g/mol. The number of nitrogens with one attached hydrogen (secondary N) is 2. The molecule has 5 nitrogen and oxygen atoms in total. The summed E-state index contributed by atoms with van der Waals surface area (Å²) in [5.41, 5.74) is 0. The lowest BCUT2D eigenvalue weighted by atomic mass is 10.3. The minimum absolute atomic E-state index is 0.0802. The van der Waals surface area contributed by atoms with Crippen LogP contribution in [0.4, 0.5) is 0 Å². The molecular weight excluding hydrogens is 276 g/mol. The Hall–Kier alpha value is -1.30. The van der Waals surface area contributed by atoms with Crippen molar-refractivity contribution in [3.05, 3.63) is 22.6 Å². The van der Waals surface area contributed by atoms with E-state index in [0.717, 1.165) is 0 Å². The number of hydrogen-bond donors (Lipinski definition) is 2. The van der Waals surface area contributed by atoms with Gasteiger partial charge in [0.2, 0.25) is 5.91 Å². The van der Waals surface area contributed by atoms with E-state index in [0.29, 0.717) is 17.8 Å². The van der Waals surface area contributed by atoms with Crippen LogP contribution in [0.15, 0.2) is 21.2 Å². The highest BCUT2D eigenvalue weighted by molar-refractivity contribution is 9.10. The van der Waals surface area contributed by atoms with E-state index >= 15 is 0 Å². The highest BCUT2D eigenvalue weighted by atomic mass is 79.9. The molecule has 0 bridgehead atoms. The lowest BCUT2D eigenvalue weighted by Gasteiger charge is -2.03. The summed E-state index contributed by atoms with van der Waals surface area (Å²) in [5, 5.41) is 5.23. The molecule has 6 heteroatoms. The highest BCUT2D eigenvalue weighted by Crippen LogP contribution is 2.13. The monoisotopic (exact) mass is 288 g/mol. The van der Waals surface area contributed by atoms with Crippen molar-refractivity contribution < 1.29 is 14.0 Å². The summed E-state index contributed by atoms with van der Waals surface area (Å²) in [6.07, 6.45) is 0.265. The summed E-state index contributed by atoms with van der Waals surface area (Å²) >= 11 is 3.10. The van der Waals surface area contributed by atoms with E-state index in [1.54, 1.807) is 12.1 Å². The van der Waals surface area contributed by atoms with Gasteiger partial charge in [-0.3, -0.25) is 9.59 Å². The molecule has 1 rings (SSSR count). The Kier molecular flexibility index (Phi) is 5.04. The Balaban J connectivity index is 2.28. The van der Waals surface area contributed by atoms with Crippen molar-refractivity contribution in [1.29, 1.82) is 0 Å². The van der Waals surface area contributed by atoms with Crippen LogP contribution in [-0.2, 0) is 4.79 Å². The zero-order chi connectivity index (χ0) is 12.0. The molecule has 0 atom stereocenters. The van der Waals surface area contributed by atoms with E-state index < -0.39 is 0 Å². The molecule has 0 aliphatic carbocycles. The van der Waals surface area contributed by atoms with Crippen LogP contribution in [0.25, 0.3) is 0 Å². The lowest BCUT2D eigenvalue weighted by Crippen LogP contribution is -2.30. The Morgan fingerprint density at radius 3 is 2.69 bits per heavy atom. The summed E-state index contributed by atoms with van der Waals surface area (Å²) in [6.45, 7) is 2.73. The van der Waals surface area contributed by atoms with Gasteiger partial charge in [-0.15, -0.1) is 0 Å². The molecule has 0 aliphatic rings. The first-order valence-electron chi connectivity index (χ1n) is 4.93. The first-order chi connectivity index (χ1) is 7.63. The van der Waals surface area contributed by atoms with Gasteiger partial charge in [0.05, 0.1) is 0 Å². The van der Waals surface area contributed by atoms with Crippen molar-refractivity contribution >= 4 is 27.7 Å². The number of carbonyl (C=O) groups excluding carboxylic acids is 2. The van der Waals surface area contributed by atoms with Gasteiger partial charge in [0.25, 0.3) is 5.91 Å². The van der Waals surface area contributed by atoms with Crippen LogP contribution in [0.1, 0.15) is 23.9 Å². The van der Waals surface area contributed by atoms with E-state index in [2.05, 4.69) is 26.6 Å². The zero-order valence-electron chi connectivity index (χ0n) is 8.88. The van der Waals surface area contributed by atoms with Crippen molar-refractivity contribution in [1.82, 2.24) is 10.6 Å². The molecule has 2 amide bonds. The fourth-order valence-corrected chi connectivity index (χ4v) is 1.41. The van der Waals surface area contributed by atoms with E-state index in [9.17, 15) is 9.59 Å². The smallest absolute Gasteiger partial charge is 0.287 e. The maximum absolute atomic E-state index is 11.4. The second kappa shape index (κ2) is 6.32. The Morgan fingerprint density at radius 1 is 1.38 bits per heavy atom. The predicted octanol–water partition coefficient (Wildman–Crippen LogP) is 1.30. The normalized spacial score (nSPS) is 9.88. The van der Waals surface area contributed by atoms with E-state index in [4.69, 9.17) is 4.42 Å².